The normalized spacial score (nSPS) is 24.9. The summed E-state index contributed by atoms with van der Waals surface area (Å²) in [6.07, 6.45) is 8.08. The van der Waals surface area contributed by atoms with E-state index in [9.17, 15) is 9.90 Å². The number of ether oxygens (including phenoxy) is 3. The zero-order valence-electron chi connectivity index (χ0n) is 18.5. The third-order valence-corrected chi connectivity index (χ3v) is 7.01. The quantitative estimate of drug-likeness (QED) is 0.690. The molecule has 0 radical (unpaired) electrons. The maximum Gasteiger partial charge on any atom is 0.331 e. The van der Waals surface area contributed by atoms with Gasteiger partial charge in [-0.3, -0.25) is 4.90 Å². The van der Waals surface area contributed by atoms with Crippen molar-refractivity contribution in [1.29, 1.82) is 0 Å². The lowest BCUT2D eigenvalue weighted by Gasteiger charge is -2.48. The average Bonchev–Trinajstić information content (AvgIpc) is 2.81. The van der Waals surface area contributed by atoms with Crippen LogP contribution in [0.15, 0.2) is 36.4 Å². The molecular formula is C26H29NO5. The molecule has 3 atom stereocenters. The maximum atomic E-state index is 12.5. The van der Waals surface area contributed by atoms with Crippen LogP contribution >= 0.6 is 0 Å². The van der Waals surface area contributed by atoms with Crippen LogP contribution in [0.25, 0.3) is 17.2 Å². The standard InChI is InChI=1S/C26H29NO5/c1-30-24-14-19-20(15-25(24)31-2)22-13-18(12-17-5-3-4-10-27(17)22)32-26(29)9-7-16-6-8-23(28)21(19)11-16/h6-9,11,14-15,17-18,22,28H,3-5,10,12-13H2,1-2H3. The smallest absolute Gasteiger partial charge is 0.331 e. The molecule has 0 saturated carbocycles. The van der Waals surface area contributed by atoms with Crippen LogP contribution in [-0.4, -0.2) is 48.9 Å². The van der Waals surface area contributed by atoms with Crippen molar-refractivity contribution in [3.05, 3.63) is 47.5 Å². The molecular weight excluding hydrogens is 406 g/mol. The Balaban J connectivity index is 1.76. The van der Waals surface area contributed by atoms with Gasteiger partial charge in [0.25, 0.3) is 0 Å². The molecule has 0 aliphatic carbocycles. The largest absolute Gasteiger partial charge is 0.507 e. The molecule has 0 aromatic heterocycles. The molecule has 1 N–H and O–H groups in total. The van der Waals surface area contributed by atoms with Crippen LogP contribution in [0.4, 0.5) is 0 Å². The lowest BCUT2D eigenvalue weighted by molar-refractivity contribution is -0.148. The molecule has 2 aromatic carbocycles. The number of phenols is 1. The van der Waals surface area contributed by atoms with Gasteiger partial charge in [-0.05, 0) is 66.4 Å². The van der Waals surface area contributed by atoms with Gasteiger partial charge in [0.1, 0.15) is 11.9 Å². The predicted octanol–water partition coefficient (Wildman–Crippen LogP) is 4.70. The van der Waals surface area contributed by atoms with Crippen LogP contribution < -0.4 is 9.47 Å². The van der Waals surface area contributed by atoms with Crippen molar-refractivity contribution in [2.24, 2.45) is 0 Å². The Labute approximate surface area is 188 Å². The number of carbonyl (C=O) groups excluding carboxylic acids is 1. The zero-order valence-corrected chi connectivity index (χ0v) is 18.5. The molecule has 3 aliphatic rings. The number of carbonyl (C=O) groups is 1. The summed E-state index contributed by atoms with van der Waals surface area (Å²) in [6, 6.07) is 9.76. The highest BCUT2D eigenvalue weighted by Gasteiger charge is 2.40. The molecule has 3 unspecified atom stereocenters. The van der Waals surface area contributed by atoms with Crippen molar-refractivity contribution in [3.63, 3.8) is 0 Å². The highest BCUT2D eigenvalue weighted by atomic mass is 16.5. The fourth-order valence-electron chi connectivity index (χ4n) is 5.52. The Morgan fingerprint density at radius 1 is 1.00 bits per heavy atom. The van der Waals surface area contributed by atoms with Crippen LogP contribution in [0.2, 0.25) is 0 Å². The molecule has 3 aliphatic heterocycles. The number of aromatic hydroxyl groups is 1. The van der Waals surface area contributed by atoms with Crippen LogP contribution in [0.3, 0.4) is 0 Å². The minimum absolute atomic E-state index is 0.0492. The predicted molar refractivity (Wildman–Crippen MR) is 122 cm³/mol. The van der Waals surface area contributed by atoms with E-state index in [4.69, 9.17) is 14.2 Å². The van der Waals surface area contributed by atoms with Gasteiger partial charge in [0.2, 0.25) is 0 Å². The monoisotopic (exact) mass is 435 g/mol. The van der Waals surface area contributed by atoms with Gasteiger partial charge in [0.05, 0.1) is 14.2 Å². The molecule has 5 rings (SSSR count). The second kappa shape index (κ2) is 8.51. The molecule has 168 valence electrons. The summed E-state index contributed by atoms with van der Waals surface area (Å²) >= 11 is 0. The molecule has 2 saturated heterocycles. The van der Waals surface area contributed by atoms with E-state index < -0.39 is 0 Å². The van der Waals surface area contributed by atoms with Crippen LogP contribution in [0.5, 0.6) is 17.2 Å². The summed E-state index contributed by atoms with van der Waals surface area (Å²) in [5.41, 5.74) is 3.51. The summed E-state index contributed by atoms with van der Waals surface area (Å²) in [5, 5.41) is 10.8. The number of esters is 1. The number of fused-ring (bicyclic) bond motifs is 9. The number of piperidine rings is 2. The Hall–Kier alpha value is -2.99. The number of rotatable bonds is 2. The van der Waals surface area contributed by atoms with E-state index in [1.165, 1.54) is 12.5 Å². The number of hydrogen-bond acceptors (Lipinski definition) is 6. The van der Waals surface area contributed by atoms with Gasteiger partial charge in [0.15, 0.2) is 11.5 Å². The third kappa shape index (κ3) is 3.73. The molecule has 4 bridgehead atoms. The van der Waals surface area contributed by atoms with Gasteiger partial charge < -0.3 is 19.3 Å². The van der Waals surface area contributed by atoms with Gasteiger partial charge in [-0.1, -0.05) is 12.5 Å². The van der Waals surface area contributed by atoms with Crippen molar-refractivity contribution in [2.45, 2.75) is 50.3 Å². The minimum Gasteiger partial charge on any atom is -0.507 e. The topological polar surface area (TPSA) is 68.2 Å². The zero-order chi connectivity index (χ0) is 22.2. The summed E-state index contributed by atoms with van der Waals surface area (Å²) in [4.78, 5) is 15.1. The SMILES string of the molecule is COc1cc2c(cc1OC)C1CC(CC3CCCCN31)OC(=O)C=Cc1ccc(O)c-2c1. The maximum absolute atomic E-state index is 12.5. The summed E-state index contributed by atoms with van der Waals surface area (Å²) in [5.74, 6) is 1.15. The van der Waals surface area contributed by atoms with E-state index in [2.05, 4.69) is 4.90 Å². The average molecular weight is 436 g/mol. The van der Waals surface area contributed by atoms with Gasteiger partial charge in [-0.15, -0.1) is 0 Å². The molecule has 32 heavy (non-hydrogen) atoms. The Morgan fingerprint density at radius 2 is 1.81 bits per heavy atom. The molecule has 6 nitrogen and oxygen atoms in total. The Kier molecular flexibility index (Phi) is 5.55. The van der Waals surface area contributed by atoms with Crippen molar-refractivity contribution in [3.8, 4) is 28.4 Å². The first-order valence-electron chi connectivity index (χ1n) is 11.3. The molecule has 2 fully saturated rings. The van der Waals surface area contributed by atoms with E-state index in [1.54, 1.807) is 32.4 Å². The first kappa shape index (κ1) is 20.9. The third-order valence-electron chi connectivity index (χ3n) is 7.01. The number of phenolic OH excluding ortho intramolecular Hbond substituents is 1. The number of nitrogens with zero attached hydrogens (tertiary/aromatic N) is 1. The number of hydrogen-bond donors (Lipinski definition) is 1. The van der Waals surface area contributed by atoms with E-state index in [1.807, 2.05) is 18.2 Å². The van der Waals surface area contributed by atoms with E-state index in [0.717, 1.165) is 42.5 Å². The molecule has 3 heterocycles. The lowest BCUT2D eigenvalue weighted by atomic mass is 9.81. The molecule has 0 spiro atoms. The lowest BCUT2D eigenvalue weighted by Crippen LogP contribution is -2.49. The van der Waals surface area contributed by atoms with E-state index in [-0.39, 0.29) is 23.9 Å². The number of benzene rings is 2. The fraction of sp³-hybridized carbons (Fsp3) is 0.423. The van der Waals surface area contributed by atoms with E-state index >= 15 is 0 Å². The van der Waals surface area contributed by atoms with Gasteiger partial charge in [0, 0.05) is 36.6 Å². The van der Waals surface area contributed by atoms with Crippen molar-refractivity contribution in [1.82, 2.24) is 4.90 Å². The van der Waals surface area contributed by atoms with E-state index in [0.29, 0.717) is 29.5 Å². The second-order valence-corrected chi connectivity index (χ2v) is 8.84. The van der Waals surface area contributed by atoms with Gasteiger partial charge in [-0.2, -0.15) is 0 Å². The fourth-order valence-corrected chi connectivity index (χ4v) is 5.52. The first-order valence-corrected chi connectivity index (χ1v) is 11.3. The Bertz CT molecular complexity index is 1060. The summed E-state index contributed by atoms with van der Waals surface area (Å²) in [6.45, 7) is 1.01. The summed E-state index contributed by atoms with van der Waals surface area (Å²) in [7, 11) is 3.26. The molecule has 0 amide bonds. The van der Waals surface area contributed by atoms with Crippen molar-refractivity contribution < 1.29 is 24.1 Å². The molecule has 2 aromatic rings. The number of methoxy groups -OCH3 is 2. The highest BCUT2D eigenvalue weighted by molar-refractivity contribution is 5.88. The Morgan fingerprint density at radius 3 is 2.62 bits per heavy atom. The minimum atomic E-state index is -0.319. The van der Waals surface area contributed by atoms with Gasteiger partial charge >= 0.3 is 5.97 Å². The second-order valence-electron chi connectivity index (χ2n) is 8.84. The van der Waals surface area contributed by atoms with Crippen molar-refractivity contribution in [2.75, 3.05) is 20.8 Å². The van der Waals surface area contributed by atoms with Crippen LogP contribution in [-0.2, 0) is 9.53 Å². The first-order chi connectivity index (χ1) is 15.6. The summed E-state index contributed by atoms with van der Waals surface area (Å²) < 4.78 is 17.2. The van der Waals surface area contributed by atoms with Crippen LogP contribution in [0.1, 0.15) is 49.3 Å². The highest BCUT2D eigenvalue weighted by Crippen LogP contribution is 2.47. The van der Waals surface area contributed by atoms with Crippen molar-refractivity contribution >= 4 is 12.0 Å². The van der Waals surface area contributed by atoms with Crippen LogP contribution in [0, 0.1) is 0 Å². The molecule has 6 heteroatoms. The van der Waals surface area contributed by atoms with Gasteiger partial charge in [-0.25, -0.2) is 4.79 Å².